The second-order valence-corrected chi connectivity index (χ2v) is 6.28. The zero-order chi connectivity index (χ0) is 15.0. The van der Waals surface area contributed by atoms with Crippen LogP contribution in [0.3, 0.4) is 0 Å². The minimum absolute atomic E-state index is 0.0695. The van der Waals surface area contributed by atoms with Crippen LogP contribution in [0, 0.1) is 0 Å². The SMILES string of the molecule is CC(C)(C)c1ccccc1Nc1nc2ccc(N)cc2[nH]1. The normalized spacial score (nSPS) is 11.8. The number of benzene rings is 2. The summed E-state index contributed by atoms with van der Waals surface area (Å²) in [5, 5.41) is 3.38. The number of hydrogen-bond donors (Lipinski definition) is 3. The lowest BCUT2D eigenvalue weighted by Crippen LogP contribution is -2.13. The lowest BCUT2D eigenvalue weighted by Gasteiger charge is -2.22. The third-order valence-corrected chi connectivity index (χ3v) is 3.49. The highest BCUT2D eigenvalue weighted by Gasteiger charge is 2.18. The fourth-order valence-corrected chi connectivity index (χ4v) is 2.46. The molecule has 2 aromatic carbocycles. The minimum Gasteiger partial charge on any atom is -0.399 e. The molecule has 0 aliphatic carbocycles. The van der Waals surface area contributed by atoms with Crippen molar-refractivity contribution in [3.05, 3.63) is 48.0 Å². The Bertz CT molecular complexity index is 781. The molecule has 1 heterocycles. The molecule has 0 fully saturated rings. The summed E-state index contributed by atoms with van der Waals surface area (Å²) in [5.41, 5.74) is 10.8. The number of H-pyrrole nitrogens is 1. The first-order valence-electron chi connectivity index (χ1n) is 7.05. The van der Waals surface area contributed by atoms with E-state index in [0.29, 0.717) is 0 Å². The molecule has 0 aliphatic heterocycles. The zero-order valence-electron chi connectivity index (χ0n) is 12.6. The number of nitrogens with zero attached hydrogens (tertiary/aromatic N) is 1. The summed E-state index contributed by atoms with van der Waals surface area (Å²) in [4.78, 5) is 7.81. The van der Waals surface area contributed by atoms with Gasteiger partial charge >= 0.3 is 0 Å². The van der Waals surface area contributed by atoms with Crippen molar-refractivity contribution in [1.82, 2.24) is 9.97 Å². The second-order valence-electron chi connectivity index (χ2n) is 6.28. The van der Waals surface area contributed by atoms with Gasteiger partial charge < -0.3 is 16.0 Å². The van der Waals surface area contributed by atoms with Crippen molar-refractivity contribution in [3.63, 3.8) is 0 Å². The van der Waals surface area contributed by atoms with Gasteiger partial charge in [0.05, 0.1) is 11.0 Å². The average molecular weight is 280 g/mol. The number of nitrogen functional groups attached to an aromatic ring is 1. The van der Waals surface area contributed by atoms with Crippen molar-refractivity contribution in [1.29, 1.82) is 0 Å². The van der Waals surface area contributed by atoms with E-state index in [1.807, 2.05) is 24.3 Å². The topological polar surface area (TPSA) is 66.7 Å². The maximum atomic E-state index is 5.80. The quantitative estimate of drug-likeness (QED) is 0.617. The van der Waals surface area contributed by atoms with Gasteiger partial charge in [-0.3, -0.25) is 0 Å². The van der Waals surface area contributed by atoms with Crippen LogP contribution in [0.15, 0.2) is 42.5 Å². The fourth-order valence-electron chi connectivity index (χ4n) is 2.46. The lowest BCUT2D eigenvalue weighted by atomic mass is 9.86. The van der Waals surface area contributed by atoms with E-state index in [0.717, 1.165) is 28.4 Å². The first kappa shape index (κ1) is 13.5. The Morgan fingerprint density at radius 3 is 2.62 bits per heavy atom. The van der Waals surface area contributed by atoms with E-state index in [9.17, 15) is 0 Å². The first-order valence-corrected chi connectivity index (χ1v) is 7.05. The molecule has 4 nitrogen and oxygen atoms in total. The van der Waals surface area contributed by atoms with Gasteiger partial charge in [-0.05, 0) is 35.2 Å². The van der Waals surface area contributed by atoms with Crippen LogP contribution >= 0.6 is 0 Å². The van der Waals surface area contributed by atoms with Crippen LogP contribution in [0.5, 0.6) is 0 Å². The highest BCUT2D eigenvalue weighted by molar-refractivity contribution is 5.81. The van der Waals surface area contributed by atoms with Crippen LogP contribution in [-0.2, 0) is 5.41 Å². The van der Waals surface area contributed by atoms with E-state index in [1.165, 1.54) is 5.56 Å². The van der Waals surface area contributed by atoms with Gasteiger partial charge in [-0.15, -0.1) is 0 Å². The summed E-state index contributed by atoms with van der Waals surface area (Å²) < 4.78 is 0. The van der Waals surface area contributed by atoms with Gasteiger partial charge in [0, 0.05) is 11.4 Å². The molecular weight excluding hydrogens is 260 g/mol. The minimum atomic E-state index is 0.0695. The molecule has 0 bridgehead atoms. The van der Waals surface area contributed by atoms with Crippen molar-refractivity contribution >= 4 is 28.4 Å². The standard InChI is InChI=1S/C17H20N4/c1-17(2,3)12-6-4-5-7-13(12)19-16-20-14-9-8-11(18)10-15(14)21-16/h4-10H,18H2,1-3H3,(H2,19,20,21). The molecule has 108 valence electrons. The Morgan fingerprint density at radius 1 is 1.10 bits per heavy atom. The van der Waals surface area contributed by atoms with Gasteiger partial charge in [0.2, 0.25) is 5.95 Å². The summed E-state index contributed by atoms with van der Waals surface area (Å²) in [7, 11) is 0. The van der Waals surface area contributed by atoms with Crippen LogP contribution < -0.4 is 11.1 Å². The molecule has 0 saturated carbocycles. The first-order chi connectivity index (χ1) is 9.93. The number of aromatic nitrogens is 2. The molecule has 21 heavy (non-hydrogen) atoms. The van der Waals surface area contributed by atoms with Crippen LogP contribution in [0.2, 0.25) is 0 Å². The molecule has 0 radical (unpaired) electrons. The van der Waals surface area contributed by atoms with Crippen LogP contribution in [0.1, 0.15) is 26.3 Å². The summed E-state index contributed by atoms with van der Waals surface area (Å²) >= 11 is 0. The van der Waals surface area contributed by atoms with E-state index < -0.39 is 0 Å². The van der Waals surface area contributed by atoms with Gasteiger partial charge in [0.25, 0.3) is 0 Å². The Hall–Kier alpha value is -2.49. The van der Waals surface area contributed by atoms with Crippen molar-refractivity contribution < 1.29 is 0 Å². The molecule has 0 aliphatic rings. The van der Waals surface area contributed by atoms with E-state index in [2.05, 4.69) is 54.3 Å². The van der Waals surface area contributed by atoms with Gasteiger partial charge in [0.1, 0.15) is 0 Å². The van der Waals surface area contributed by atoms with Crippen molar-refractivity contribution in [2.24, 2.45) is 0 Å². The molecule has 0 unspecified atom stereocenters. The monoisotopic (exact) mass is 280 g/mol. The maximum absolute atomic E-state index is 5.80. The van der Waals surface area contributed by atoms with Gasteiger partial charge in [0.15, 0.2) is 0 Å². The molecule has 1 aromatic heterocycles. The van der Waals surface area contributed by atoms with E-state index >= 15 is 0 Å². The second kappa shape index (κ2) is 4.81. The third kappa shape index (κ3) is 2.70. The Morgan fingerprint density at radius 2 is 1.86 bits per heavy atom. The van der Waals surface area contributed by atoms with Crippen molar-refractivity contribution in [2.75, 3.05) is 11.1 Å². The summed E-state index contributed by atoms with van der Waals surface area (Å²) in [6, 6.07) is 14.0. The lowest BCUT2D eigenvalue weighted by molar-refractivity contribution is 0.592. The van der Waals surface area contributed by atoms with Gasteiger partial charge in [-0.25, -0.2) is 4.98 Å². The largest absolute Gasteiger partial charge is 0.399 e. The van der Waals surface area contributed by atoms with Crippen molar-refractivity contribution in [3.8, 4) is 0 Å². The molecule has 0 atom stereocenters. The highest BCUT2D eigenvalue weighted by atomic mass is 15.1. The van der Waals surface area contributed by atoms with E-state index in [4.69, 9.17) is 5.73 Å². The Kier molecular flexibility index (Phi) is 3.09. The number of rotatable bonds is 2. The van der Waals surface area contributed by atoms with Crippen LogP contribution in [-0.4, -0.2) is 9.97 Å². The Balaban J connectivity index is 1.99. The molecule has 0 saturated heterocycles. The molecule has 4 N–H and O–H groups in total. The number of para-hydroxylation sites is 1. The maximum Gasteiger partial charge on any atom is 0.205 e. The number of aromatic amines is 1. The predicted molar refractivity (Wildman–Crippen MR) is 88.9 cm³/mol. The van der Waals surface area contributed by atoms with E-state index in [1.54, 1.807) is 0 Å². The summed E-state index contributed by atoms with van der Waals surface area (Å²) in [6.45, 7) is 6.60. The van der Waals surface area contributed by atoms with Gasteiger partial charge in [-0.1, -0.05) is 39.0 Å². The number of nitrogens with one attached hydrogen (secondary N) is 2. The predicted octanol–water partition coefficient (Wildman–Crippen LogP) is 4.19. The molecule has 0 spiro atoms. The highest BCUT2D eigenvalue weighted by Crippen LogP contribution is 2.31. The Labute approximate surface area is 124 Å². The summed E-state index contributed by atoms with van der Waals surface area (Å²) in [5.74, 6) is 0.729. The van der Waals surface area contributed by atoms with Gasteiger partial charge in [-0.2, -0.15) is 0 Å². The smallest absolute Gasteiger partial charge is 0.205 e. The average Bonchev–Trinajstić information content (AvgIpc) is 2.79. The molecule has 3 rings (SSSR count). The fraction of sp³-hybridized carbons (Fsp3) is 0.235. The molecule has 0 amide bonds. The number of fused-ring (bicyclic) bond motifs is 1. The number of hydrogen-bond acceptors (Lipinski definition) is 3. The number of nitrogens with two attached hydrogens (primary N) is 1. The summed E-state index contributed by atoms with van der Waals surface area (Å²) in [6.07, 6.45) is 0. The molecule has 3 aromatic rings. The van der Waals surface area contributed by atoms with E-state index in [-0.39, 0.29) is 5.41 Å². The van der Waals surface area contributed by atoms with Crippen LogP contribution in [0.4, 0.5) is 17.3 Å². The molecular formula is C17H20N4. The zero-order valence-corrected chi connectivity index (χ0v) is 12.6. The number of anilines is 3. The third-order valence-electron chi connectivity index (χ3n) is 3.49. The van der Waals surface area contributed by atoms with Crippen LogP contribution in [0.25, 0.3) is 11.0 Å². The molecule has 4 heteroatoms. The number of imidazole rings is 1. The van der Waals surface area contributed by atoms with Crippen molar-refractivity contribution in [2.45, 2.75) is 26.2 Å².